The topological polar surface area (TPSA) is 34.1 Å². The normalized spacial score (nSPS) is 2.00. The van der Waals surface area contributed by atoms with E-state index < -0.39 is 37.8 Å². The Morgan fingerprint density at radius 2 is 1.25 bits per heavy atom. The molecule has 4 heavy (non-hydrogen) atoms. The molecule has 0 fully saturated rings. The van der Waals surface area contributed by atoms with Crippen molar-refractivity contribution in [3.8, 4) is 0 Å². The summed E-state index contributed by atoms with van der Waals surface area (Å²) < 4.78 is 17.1. The van der Waals surface area contributed by atoms with E-state index >= 15 is 0 Å². The molecule has 0 aliphatic rings. The van der Waals surface area contributed by atoms with Crippen LogP contribution in [0.4, 0.5) is 0 Å². The van der Waals surface area contributed by atoms with Gasteiger partial charge in [-0.3, -0.25) is 0 Å². The molecule has 0 spiro atoms. The first kappa shape index (κ1) is 9.21. The molecule has 0 aromatic carbocycles. The van der Waals surface area contributed by atoms with E-state index in [9.17, 15) is 0 Å². The molecule has 0 aliphatic carbocycles. The Balaban J connectivity index is 0. The SMILES string of the molecule is [Au].[O]=[Ce]=[O]. The fraction of sp³-hybridized carbons (Fsp3) is 0. The summed E-state index contributed by atoms with van der Waals surface area (Å²) in [5.74, 6) is 0. The Labute approximate surface area is 60.8 Å². The molecule has 2 nitrogen and oxygen atoms in total. The number of rotatable bonds is 0. The van der Waals surface area contributed by atoms with E-state index in [2.05, 4.69) is 0 Å². The van der Waals surface area contributed by atoms with Crippen molar-refractivity contribution in [3.05, 3.63) is 0 Å². The Morgan fingerprint density at radius 3 is 1.25 bits per heavy atom. The number of hydrogen-bond acceptors (Lipinski definition) is 2. The van der Waals surface area contributed by atoms with Crippen molar-refractivity contribution in [3.63, 3.8) is 0 Å². The van der Waals surface area contributed by atoms with Gasteiger partial charge in [0, 0.05) is 22.4 Å². The van der Waals surface area contributed by atoms with Gasteiger partial charge in [0.15, 0.2) is 0 Å². The second-order valence-corrected chi connectivity index (χ2v) is 0.607. The van der Waals surface area contributed by atoms with Gasteiger partial charge in [0.2, 0.25) is 0 Å². The van der Waals surface area contributed by atoms with Gasteiger partial charge in [-0.05, 0) is 0 Å². The maximum atomic E-state index is 8.57. The van der Waals surface area contributed by atoms with Crippen molar-refractivity contribution < 1.29 is 62.1 Å². The average Bonchev–Trinajstić information content (AvgIpc) is 0.918. The summed E-state index contributed by atoms with van der Waals surface area (Å²) in [6, 6.07) is 0. The standard InChI is InChI=1S/Au.Ce.2O. The summed E-state index contributed by atoms with van der Waals surface area (Å²) in [4.78, 5) is 0. The summed E-state index contributed by atoms with van der Waals surface area (Å²) in [6.07, 6.45) is 0. The van der Waals surface area contributed by atoms with Gasteiger partial charge in [0.1, 0.15) is 0 Å². The van der Waals surface area contributed by atoms with Crippen LogP contribution in [0.25, 0.3) is 0 Å². The molecule has 1 radical (unpaired) electrons. The maximum absolute atomic E-state index is 8.57. The summed E-state index contributed by atoms with van der Waals surface area (Å²) >= 11 is -2.42. The van der Waals surface area contributed by atoms with Crippen molar-refractivity contribution in [1.29, 1.82) is 0 Å². The molecule has 0 aromatic heterocycles. The molecule has 0 heterocycles. The Bertz CT molecular complexity index is 27.0. The fourth-order valence-corrected chi connectivity index (χ4v) is 0. The predicted molar refractivity (Wildman–Crippen MR) is 1.37 cm³/mol. The monoisotopic (exact) mass is 369 g/mol. The van der Waals surface area contributed by atoms with Crippen LogP contribution in [-0.2, 0) is 24.3 Å². The third kappa shape index (κ3) is 9.31. The van der Waals surface area contributed by atoms with Crippen LogP contribution in [0.15, 0.2) is 0 Å². The van der Waals surface area contributed by atoms with Crippen LogP contribution in [0.5, 0.6) is 0 Å². The van der Waals surface area contributed by atoms with Gasteiger partial charge in [0.25, 0.3) is 0 Å². The first-order valence-electron chi connectivity index (χ1n) is 0.408. The summed E-state index contributed by atoms with van der Waals surface area (Å²) in [6.45, 7) is 0. The van der Waals surface area contributed by atoms with Gasteiger partial charge >= 0.3 is 39.7 Å². The first-order valence-corrected chi connectivity index (χ1v) is 2.97. The summed E-state index contributed by atoms with van der Waals surface area (Å²) in [7, 11) is 0. The van der Waals surface area contributed by atoms with Crippen molar-refractivity contribution in [2.45, 2.75) is 0 Å². The van der Waals surface area contributed by atoms with E-state index in [1.807, 2.05) is 0 Å². The van der Waals surface area contributed by atoms with Crippen molar-refractivity contribution in [1.82, 2.24) is 0 Å². The van der Waals surface area contributed by atoms with E-state index in [1.54, 1.807) is 0 Å². The molecule has 0 aliphatic heterocycles. The van der Waals surface area contributed by atoms with Gasteiger partial charge in [-0.2, -0.15) is 0 Å². The van der Waals surface area contributed by atoms with Crippen LogP contribution in [0.3, 0.4) is 0 Å². The predicted octanol–water partition coefficient (Wildman–Crippen LogP) is -0.240. The average molecular weight is 369 g/mol. The third-order valence-corrected chi connectivity index (χ3v) is 0. The Kier molecular flexibility index (Phi) is 20.3. The molecule has 0 aromatic rings. The molecule has 27 valence electrons. The molecule has 0 bridgehead atoms. The quantitative estimate of drug-likeness (QED) is 0.553. The van der Waals surface area contributed by atoms with Gasteiger partial charge < -0.3 is 0 Å². The van der Waals surface area contributed by atoms with E-state index in [0.29, 0.717) is 0 Å². The van der Waals surface area contributed by atoms with Crippen molar-refractivity contribution >= 4 is 0 Å². The first-order chi connectivity index (χ1) is 1.41. The Hall–Kier alpha value is 1.72. The molecule has 0 rings (SSSR count). The molecule has 4 heteroatoms. The van der Waals surface area contributed by atoms with Crippen LogP contribution in [0, 0.1) is 37.8 Å². The van der Waals surface area contributed by atoms with E-state index in [-0.39, 0.29) is 22.4 Å². The second kappa shape index (κ2) is 8.83. The molecule has 0 amide bonds. The third-order valence-electron chi connectivity index (χ3n) is 0. The van der Waals surface area contributed by atoms with E-state index in [4.69, 9.17) is 1.88 Å². The van der Waals surface area contributed by atoms with Gasteiger partial charge in [-0.1, -0.05) is 0 Å². The van der Waals surface area contributed by atoms with Crippen LogP contribution < -0.4 is 0 Å². The van der Waals surface area contributed by atoms with E-state index in [0.717, 1.165) is 0 Å². The zero-order chi connectivity index (χ0) is 2.71. The number of hydrogen-bond donors (Lipinski definition) is 0. The molecular formula is AuCeO2. The summed E-state index contributed by atoms with van der Waals surface area (Å²) in [5.41, 5.74) is 0. The minimum atomic E-state index is -2.42. The second-order valence-electron chi connectivity index (χ2n) is 0.0833. The van der Waals surface area contributed by atoms with Crippen LogP contribution in [0.2, 0.25) is 0 Å². The zero-order valence-electron chi connectivity index (χ0n) is 1.62. The molecule has 0 N–H and O–H groups in total. The van der Waals surface area contributed by atoms with Crippen LogP contribution >= 0.6 is 0 Å². The Morgan fingerprint density at radius 1 is 1.25 bits per heavy atom. The van der Waals surface area contributed by atoms with Crippen molar-refractivity contribution in [2.24, 2.45) is 0 Å². The fourth-order valence-electron chi connectivity index (χ4n) is 0. The molecule has 0 unspecified atom stereocenters. The van der Waals surface area contributed by atoms with Gasteiger partial charge in [-0.15, -0.1) is 0 Å². The molecule has 0 saturated carbocycles. The van der Waals surface area contributed by atoms with Crippen LogP contribution in [0.1, 0.15) is 0 Å². The summed E-state index contributed by atoms with van der Waals surface area (Å²) in [5, 5.41) is 0. The molecule has 0 atom stereocenters. The van der Waals surface area contributed by atoms with Gasteiger partial charge in [0.05, 0.1) is 0 Å². The van der Waals surface area contributed by atoms with E-state index in [1.165, 1.54) is 0 Å². The van der Waals surface area contributed by atoms with Crippen molar-refractivity contribution in [2.75, 3.05) is 0 Å². The van der Waals surface area contributed by atoms with Crippen LogP contribution in [-0.4, -0.2) is 0 Å². The minimum absolute atomic E-state index is 0. The molecular weight excluding hydrogens is 369 g/mol. The molecule has 0 saturated heterocycles. The zero-order valence-corrected chi connectivity index (χ0v) is 6.92. The van der Waals surface area contributed by atoms with Gasteiger partial charge in [-0.25, -0.2) is 0 Å².